The summed E-state index contributed by atoms with van der Waals surface area (Å²) >= 11 is 0. The SMILES string of the molecule is Cn1cc(COCCON=[N+]=[N-])nn1. The second-order valence-corrected chi connectivity index (χ2v) is 2.44. The summed E-state index contributed by atoms with van der Waals surface area (Å²) in [4.78, 5) is 6.88. The van der Waals surface area contributed by atoms with Gasteiger partial charge in [0.15, 0.2) is 0 Å². The summed E-state index contributed by atoms with van der Waals surface area (Å²) in [6, 6.07) is 0. The molecule has 0 saturated heterocycles. The fraction of sp³-hybridized carbons (Fsp3) is 0.667. The van der Waals surface area contributed by atoms with Crippen molar-refractivity contribution in [3.8, 4) is 0 Å². The summed E-state index contributed by atoms with van der Waals surface area (Å²) in [5.41, 5.74) is 8.62. The number of hydrogen-bond acceptors (Lipinski definition) is 5. The van der Waals surface area contributed by atoms with E-state index in [1.54, 1.807) is 17.9 Å². The standard InChI is InChI=1S/C6H10N6O2/c1-12-4-6(8-10-12)5-13-2-3-14-11-9-7/h4H,2-3,5H2,1H3. The Morgan fingerprint density at radius 2 is 2.50 bits per heavy atom. The Morgan fingerprint density at radius 1 is 1.64 bits per heavy atom. The molecule has 0 fully saturated rings. The first-order valence-electron chi connectivity index (χ1n) is 3.92. The smallest absolute Gasteiger partial charge is 0.120 e. The van der Waals surface area contributed by atoms with Gasteiger partial charge in [-0.05, 0) is 5.53 Å². The summed E-state index contributed by atoms with van der Waals surface area (Å²) in [5, 5.41) is 10.4. The molecule has 0 aromatic carbocycles. The van der Waals surface area contributed by atoms with Crippen LogP contribution < -0.4 is 0 Å². The molecule has 76 valence electrons. The minimum absolute atomic E-state index is 0.227. The molecule has 0 radical (unpaired) electrons. The molecule has 0 amide bonds. The van der Waals surface area contributed by atoms with Crippen molar-refractivity contribution in [3.63, 3.8) is 0 Å². The monoisotopic (exact) mass is 198 g/mol. The van der Waals surface area contributed by atoms with Gasteiger partial charge in [-0.1, -0.05) is 5.21 Å². The molecule has 0 aliphatic rings. The lowest BCUT2D eigenvalue weighted by Crippen LogP contribution is -2.01. The zero-order valence-electron chi connectivity index (χ0n) is 7.70. The first-order valence-corrected chi connectivity index (χ1v) is 3.92. The summed E-state index contributed by atoms with van der Waals surface area (Å²) in [6.45, 7) is 0.938. The molecule has 1 aromatic heterocycles. The molecular weight excluding hydrogens is 188 g/mol. The van der Waals surface area contributed by atoms with Crippen LogP contribution in [-0.4, -0.2) is 28.2 Å². The fourth-order valence-electron chi connectivity index (χ4n) is 0.801. The molecule has 0 saturated carbocycles. The highest BCUT2D eigenvalue weighted by Gasteiger charge is 1.97. The third-order valence-electron chi connectivity index (χ3n) is 1.31. The molecule has 14 heavy (non-hydrogen) atoms. The molecule has 0 unspecified atom stereocenters. The van der Waals surface area contributed by atoms with E-state index in [0.717, 1.165) is 5.69 Å². The normalized spacial score (nSPS) is 9.50. The van der Waals surface area contributed by atoms with Gasteiger partial charge in [-0.15, -0.1) is 5.10 Å². The van der Waals surface area contributed by atoms with E-state index in [9.17, 15) is 0 Å². The Balaban J connectivity index is 2.07. The van der Waals surface area contributed by atoms with E-state index >= 15 is 0 Å². The van der Waals surface area contributed by atoms with Gasteiger partial charge in [0, 0.05) is 12.0 Å². The third-order valence-corrected chi connectivity index (χ3v) is 1.31. The van der Waals surface area contributed by atoms with Gasteiger partial charge in [0.25, 0.3) is 0 Å². The molecule has 0 aliphatic carbocycles. The van der Waals surface area contributed by atoms with E-state index in [4.69, 9.17) is 10.3 Å². The van der Waals surface area contributed by atoms with Crippen molar-refractivity contribution in [2.45, 2.75) is 6.61 Å². The van der Waals surface area contributed by atoms with Crippen LogP contribution in [0.3, 0.4) is 0 Å². The van der Waals surface area contributed by atoms with E-state index in [0.29, 0.717) is 13.2 Å². The van der Waals surface area contributed by atoms with E-state index in [1.807, 2.05) is 0 Å². The molecule has 1 heterocycles. The van der Waals surface area contributed by atoms with Crippen LogP contribution in [0.4, 0.5) is 0 Å². The maximum atomic E-state index is 7.88. The summed E-state index contributed by atoms with van der Waals surface area (Å²) in [7, 11) is 1.78. The lowest BCUT2D eigenvalue weighted by Gasteiger charge is -1.99. The Hall–Kier alpha value is -1.79. The molecule has 1 aromatic rings. The molecule has 0 spiro atoms. The van der Waals surface area contributed by atoms with Gasteiger partial charge >= 0.3 is 0 Å². The molecule has 1 rings (SSSR count). The highest BCUT2D eigenvalue weighted by atomic mass is 16.6. The van der Waals surface area contributed by atoms with Crippen LogP contribution in [0, 0.1) is 0 Å². The summed E-state index contributed by atoms with van der Waals surface area (Å²) < 4.78 is 6.75. The quantitative estimate of drug-likeness (QED) is 0.219. The minimum Gasteiger partial charge on any atom is -0.431 e. The van der Waals surface area contributed by atoms with E-state index in [2.05, 4.69) is 25.3 Å². The fourth-order valence-corrected chi connectivity index (χ4v) is 0.801. The van der Waals surface area contributed by atoms with E-state index in [1.165, 1.54) is 0 Å². The maximum Gasteiger partial charge on any atom is 0.120 e. The van der Waals surface area contributed by atoms with Crippen molar-refractivity contribution < 1.29 is 9.57 Å². The van der Waals surface area contributed by atoms with Gasteiger partial charge in [-0.2, -0.15) is 0 Å². The Labute approximate surface area is 80.0 Å². The molecule has 8 heteroatoms. The van der Waals surface area contributed by atoms with Crippen LogP contribution in [0.15, 0.2) is 11.5 Å². The average molecular weight is 198 g/mol. The Morgan fingerprint density at radius 3 is 3.14 bits per heavy atom. The van der Waals surface area contributed by atoms with Crippen LogP contribution in [-0.2, 0) is 23.2 Å². The van der Waals surface area contributed by atoms with E-state index < -0.39 is 0 Å². The number of aromatic nitrogens is 3. The van der Waals surface area contributed by atoms with Gasteiger partial charge in [-0.25, -0.2) is 0 Å². The van der Waals surface area contributed by atoms with Crippen molar-refractivity contribution >= 4 is 0 Å². The maximum absolute atomic E-state index is 7.88. The third kappa shape index (κ3) is 3.74. The Bertz CT molecular complexity index is 318. The van der Waals surface area contributed by atoms with Crippen molar-refractivity contribution in [3.05, 3.63) is 22.3 Å². The van der Waals surface area contributed by atoms with Gasteiger partial charge in [-0.3, -0.25) is 4.68 Å². The lowest BCUT2D eigenvalue weighted by atomic mass is 10.5. The zero-order chi connectivity index (χ0) is 10.2. The van der Waals surface area contributed by atoms with Crippen molar-refractivity contribution in [2.75, 3.05) is 13.2 Å². The molecular formula is C6H10N6O2. The highest BCUT2D eigenvalue weighted by Crippen LogP contribution is 1.94. The highest BCUT2D eigenvalue weighted by molar-refractivity contribution is 4.88. The van der Waals surface area contributed by atoms with Crippen LogP contribution in [0.1, 0.15) is 5.69 Å². The van der Waals surface area contributed by atoms with Crippen molar-refractivity contribution in [1.82, 2.24) is 15.0 Å². The molecule has 8 nitrogen and oxygen atoms in total. The first-order chi connectivity index (χ1) is 6.83. The van der Waals surface area contributed by atoms with Crippen LogP contribution in [0.25, 0.3) is 10.4 Å². The van der Waals surface area contributed by atoms with Crippen molar-refractivity contribution in [2.24, 2.45) is 12.3 Å². The minimum atomic E-state index is 0.227. The van der Waals surface area contributed by atoms with Gasteiger partial charge in [0.05, 0.1) is 19.4 Å². The molecule has 0 atom stereocenters. The number of nitrogens with zero attached hydrogens (tertiary/aromatic N) is 6. The average Bonchev–Trinajstić information content (AvgIpc) is 2.58. The number of aryl methyl sites for hydroxylation is 1. The number of rotatable bonds is 6. The van der Waals surface area contributed by atoms with E-state index in [-0.39, 0.29) is 6.61 Å². The second kappa shape index (κ2) is 5.79. The number of azide groups is 1. The Kier molecular flexibility index (Phi) is 4.25. The van der Waals surface area contributed by atoms with Gasteiger partial charge < -0.3 is 9.57 Å². The van der Waals surface area contributed by atoms with Crippen molar-refractivity contribution in [1.29, 1.82) is 0 Å². The molecule has 0 bridgehead atoms. The molecule has 0 aliphatic heterocycles. The second-order valence-electron chi connectivity index (χ2n) is 2.44. The van der Waals surface area contributed by atoms with Crippen LogP contribution in [0.2, 0.25) is 0 Å². The first kappa shape index (κ1) is 10.3. The van der Waals surface area contributed by atoms with Gasteiger partial charge in [0.1, 0.15) is 17.6 Å². The summed E-state index contributed by atoms with van der Waals surface area (Å²) in [6.07, 6.45) is 1.76. The molecule has 0 N–H and O–H groups in total. The number of ether oxygens (including phenoxy) is 1. The number of hydrogen-bond donors (Lipinski definition) is 0. The predicted octanol–water partition coefficient (Wildman–Crippen LogP) is 0.574. The van der Waals surface area contributed by atoms with Crippen LogP contribution >= 0.6 is 0 Å². The van der Waals surface area contributed by atoms with Gasteiger partial charge in [0.2, 0.25) is 0 Å². The lowest BCUT2D eigenvalue weighted by molar-refractivity contribution is 0.0399. The zero-order valence-corrected chi connectivity index (χ0v) is 7.70. The predicted molar refractivity (Wildman–Crippen MR) is 45.8 cm³/mol. The van der Waals surface area contributed by atoms with Crippen LogP contribution in [0.5, 0.6) is 0 Å². The summed E-state index contributed by atoms with van der Waals surface area (Å²) in [5.74, 6) is 0. The topological polar surface area (TPSA) is 97.9 Å². The largest absolute Gasteiger partial charge is 0.431 e.